The van der Waals surface area contributed by atoms with Crippen molar-refractivity contribution in [2.75, 3.05) is 13.1 Å². The molecule has 0 saturated carbocycles. The molecule has 0 radical (unpaired) electrons. The summed E-state index contributed by atoms with van der Waals surface area (Å²) >= 11 is 7.85. The molecule has 0 aliphatic carbocycles. The van der Waals surface area contributed by atoms with E-state index < -0.39 is 0 Å². The van der Waals surface area contributed by atoms with Crippen LogP contribution in [0, 0.1) is 0 Å². The van der Waals surface area contributed by atoms with E-state index in [4.69, 9.17) is 16.6 Å². The molecule has 0 spiro atoms. The topological polar surface area (TPSA) is 67.1 Å². The van der Waals surface area contributed by atoms with Crippen LogP contribution in [0.3, 0.4) is 0 Å². The van der Waals surface area contributed by atoms with Gasteiger partial charge in [0, 0.05) is 36.0 Å². The van der Waals surface area contributed by atoms with E-state index in [1.54, 1.807) is 17.7 Å². The number of aliphatic imine (C=N–C) groups is 1. The number of aromatic nitrogens is 3. The van der Waals surface area contributed by atoms with Gasteiger partial charge in [-0.15, -0.1) is 45.5 Å². The maximum Gasteiger partial charge on any atom is 0.191 e. The predicted molar refractivity (Wildman–Crippen MR) is 131 cm³/mol. The first-order valence-corrected chi connectivity index (χ1v) is 10.7. The van der Waals surface area contributed by atoms with Crippen LogP contribution in [0.2, 0.25) is 5.02 Å². The monoisotopic (exact) mass is 544 g/mol. The SMILES string of the molecule is CCc1nncn1CCNC(=NCc1cccc(Cl)c1)NCCc1cccs1.I. The second-order valence-electron chi connectivity index (χ2n) is 6.27. The highest BCUT2D eigenvalue weighted by Crippen LogP contribution is 2.11. The van der Waals surface area contributed by atoms with Crippen LogP contribution in [0.1, 0.15) is 23.2 Å². The number of aryl methyl sites for hydroxylation is 1. The van der Waals surface area contributed by atoms with Crippen LogP contribution in [-0.4, -0.2) is 33.8 Å². The van der Waals surface area contributed by atoms with Crippen molar-refractivity contribution in [3.8, 4) is 0 Å². The summed E-state index contributed by atoms with van der Waals surface area (Å²) < 4.78 is 2.06. The number of nitrogens with zero attached hydrogens (tertiary/aromatic N) is 4. The molecule has 0 fully saturated rings. The summed E-state index contributed by atoms with van der Waals surface area (Å²) in [6.07, 6.45) is 3.61. The van der Waals surface area contributed by atoms with Gasteiger partial charge in [0.05, 0.1) is 6.54 Å². The van der Waals surface area contributed by atoms with Crippen LogP contribution in [-0.2, 0) is 25.9 Å². The first kappa shape index (κ1) is 23.6. The number of thiophene rings is 1. The first-order chi connectivity index (χ1) is 13.7. The maximum atomic E-state index is 6.08. The third-order valence-corrected chi connectivity index (χ3v) is 5.38. The Balaban J connectivity index is 0.00000300. The Morgan fingerprint density at radius 1 is 1.21 bits per heavy atom. The summed E-state index contributed by atoms with van der Waals surface area (Å²) in [5.41, 5.74) is 1.08. The van der Waals surface area contributed by atoms with Crippen LogP contribution in [0.15, 0.2) is 53.1 Å². The summed E-state index contributed by atoms with van der Waals surface area (Å²) in [6, 6.07) is 12.0. The predicted octanol–water partition coefficient (Wildman–Crippen LogP) is 4.15. The summed E-state index contributed by atoms with van der Waals surface area (Å²) in [5, 5.41) is 17.8. The zero-order valence-corrected chi connectivity index (χ0v) is 20.2. The van der Waals surface area contributed by atoms with Crippen molar-refractivity contribution in [1.29, 1.82) is 0 Å². The van der Waals surface area contributed by atoms with Gasteiger partial charge in [0.25, 0.3) is 0 Å². The van der Waals surface area contributed by atoms with Gasteiger partial charge in [0.2, 0.25) is 0 Å². The fourth-order valence-electron chi connectivity index (χ4n) is 2.77. The summed E-state index contributed by atoms with van der Waals surface area (Å²) in [5.74, 6) is 1.78. The fraction of sp³-hybridized carbons (Fsp3) is 0.350. The molecule has 156 valence electrons. The van der Waals surface area contributed by atoms with E-state index in [9.17, 15) is 0 Å². The molecule has 3 rings (SSSR count). The molecule has 0 atom stereocenters. The average Bonchev–Trinajstić information content (AvgIpc) is 3.37. The fourth-order valence-corrected chi connectivity index (χ4v) is 3.69. The lowest BCUT2D eigenvalue weighted by atomic mass is 10.2. The van der Waals surface area contributed by atoms with Crippen LogP contribution < -0.4 is 10.6 Å². The number of hydrogen-bond acceptors (Lipinski definition) is 4. The van der Waals surface area contributed by atoms with Gasteiger partial charge in [0.1, 0.15) is 12.2 Å². The molecule has 1 aromatic carbocycles. The van der Waals surface area contributed by atoms with Crippen molar-refractivity contribution in [3.05, 3.63) is 69.4 Å². The zero-order chi connectivity index (χ0) is 19.6. The number of benzene rings is 1. The second kappa shape index (κ2) is 12.8. The van der Waals surface area contributed by atoms with Crippen LogP contribution in [0.25, 0.3) is 0 Å². The summed E-state index contributed by atoms with van der Waals surface area (Å²) in [4.78, 5) is 6.07. The normalized spacial score (nSPS) is 11.2. The Kier molecular flexibility index (Phi) is 10.4. The molecular formula is C20H26ClIN6S. The third kappa shape index (κ3) is 7.94. The van der Waals surface area contributed by atoms with Crippen molar-refractivity contribution in [2.24, 2.45) is 4.99 Å². The molecule has 0 aliphatic heterocycles. The molecule has 29 heavy (non-hydrogen) atoms. The summed E-state index contributed by atoms with van der Waals surface area (Å²) in [6.45, 7) is 5.01. The smallest absolute Gasteiger partial charge is 0.191 e. The van der Waals surface area contributed by atoms with E-state index in [-0.39, 0.29) is 24.0 Å². The highest BCUT2D eigenvalue weighted by Gasteiger charge is 2.04. The minimum atomic E-state index is 0. The van der Waals surface area contributed by atoms with Crippen molar-refractivity contribution in [1.82, 2.24) is 25.4 Å². The largest absolute Gasteiger partial charge is 0.356 e. The Morgan fingerprint density at radius 2 is 2.07 bits per heavy atom. The highest BCUT2D eigenvalue weighted by molar-refractivity contribution is 14.0. The Morgan fingerprint density at radius 3 is 2.83 bits per heavy atom. The first-order valence-electron chi connectivity index (χ1n) is 9.40. The van der Waals surface area contributed by atoms with Crippen LogP contribution >= 0.6 is 46.9 Å². The standard InChI is InChI=1S/C20H25ClN6S.HI/c1-2-19-26-25-15-27(19)11-10-23-20(22-9-8-18-7-4-12-28-18)24-14-16-5-3-6-17(21)13-16;/h3-7,12-13,15H,2,8-11,14H2,1H3,(H2,22,23,24);1H. The van der Waals surface area contributed by atoms with E-state index in [0.717, 1.165) is 54.8 Å². The van der Waals surface area contributed by atoms with Crippen LogP contribution in [0.5, 0.6) is 0 Å². The number of halogens is 2. The van der Waals surface area contributed by atoms with E-state index in [1.807, 2.05) is 24.3 Å². The van der Waals surface area contributed by atoms with Gasteiger partial charge in [0.15, 0.2) is 5.96 Å². The molecular weight excluding hydrogens is 519 g/mol. The Bertz CT molecular complexity index is 881. The lowest BCUT2D eigenvalue weighted by Gasteiger charge is -2.13. The molecule has 9 heteroatoms. The van der Waals surface area contributed by atoms with Gasteiger partial charge in [-0.1, -0.05) is 36.7 Å². The zero-order valence-electron chi connectivity index (χ0n) is 16.3. The van der Waals surface area contributed by atoms with Crippen molar-refractivity contribution in [3.63, 3.8) is 0 Å². The second-order valence-corrected chi connectivity index (χ2v) is 7.74. The quantitative estimate of drug-likeness (QED) is 0.241. The molecule has 0 saturated heterocycles. The molecule has 2 N–H and O–H groups in total. The molecule has 0 unspecified atom stereocenters. The average molecular weight is 545 g/mol. The van der Waals surface area contributed by atoms with Crippen molar-refractivity contribution >= 4 is 52.9 Å². The molecule has 0 aliphatic rings. The van der Waals surface area contributed by atoms with E-state index >= 15 is 0 Å². The lowest BCUT2D eigenvalue weighted by molar-refractivity contribution is 0.631. The van der Waals surface area contributed by atoms with Crippen molar-refractivity contribution < 1.29 is 0 Å². The molecule has 0 bridgehead atoms. The number of hydrogen-bond donors (Lipinski definition) is 2. The molecule has 6 nitrogen and oxygen atoms in total. The van der Waals surface area contributed by atoms with E-state index in [2.05, 4.69) is 49.8 Å². The molecule has 3 aromatic rings. The lowest BCUT2D eigenvalue weighted by Crippen LogP contribution is -2.40. The van der Waals surface area contributed by atoms with Gasteiger partial charge in [-0.05, 0) is 35.6 Å². The van der Waals surface area contributed by atoms with Gasteiger partial charge in [-0.2, -0.15) is 0 Å². The van der Waals surface area contributed by atoms with E-state index in [1.165, 1.54) is 4.88 Å². The molecule has 2 heterocycles. The van der Waals surface area contributed by atoms with Gasteiger partial charge >= 0.3 is 0 Å². The summed E-state index contributed by atoms with van der Waals surface area (Å²) in [7, 11) is 0. The van der Waals surface area contributed by atoms with Crippen molar-refractivity contribution in [2.45, 2.75) is 32.9 Å². The maximum absolute atomic E-state index is 6.08. The van der Waals surface area contributed by atoms with E-state index in [0.29, 0.717) is 6.54 Å². The number of nitrogens with one attached hydrogen (secondary N) is 2. The highest BCUT2D eigenvalue weighted by atomic mass is 127. The molecule has 2 aromatic heterocycles. The Hall–Kier alpha value is -1.65. The minimum Gasteiger partial charge on any atom is -0.356 e. The minimum absolute atomic E-state index is 0. The third-order valence-electron chi connectivity index (χ3n) is 4.21. The van der Waals surface area contributed by atoms with Gasteiger partial charge < -0.3 is 15.2 Å². The van der Waals surface area contributed by atoms with Gasteiger partial charge in [-0.3, -0.25) is 0 Å². The molecule has 0 amide bonds. The number of guanidine groups is 1. The Labute approximate surface area is 197 Å². The number of rotatable bonds is 9. The van der Waals surface area contributed by atoms with Crippen LogP contribution in [0.4, 0.5) is 0 Å². The van der Waals surface area contributed by atoms with Gasteiger partial charge in [-0.25, -0.2) is 4.99 Å².